The third kappa shape index (κ3) is 7.61. The summed E-state index contributed by atoms with van der Waals surface area (Å²) in [6, 6.07) is -3.99. The predicted molar refractivity (Wildman–Crippen MR) is 114 cm³/mol. The van der Waals surface area contributed by atoms with Crippen molar-refractivity contribution in [2.45, 2.75) is 63.4 Å². The summed E-state index contributed by atoms with van der Waals surface area (Å²) in [5.74, 6) is -11.9. The minimum atomic E-state index is -5.38. The van der Waals surface area contributed by atoms with Crippen LogP contribution in [0.3, 0.4) is 0 Å². The average Bonchev–Trinajstić information content (AvgIpc) is 3.30. The lowest BCUT2D eigenvalue weighted by atomic mass is 9.85. The maximum atomic E-state index is 14.3. The van der Waals surface area contributed by atoms with Crippen molar-refractivity contribution in [2.75, 3.05) is 19.6 Å². The zero-order chi connectivity index (χ0) is 28.5. The lowest BCUT2D eigenvalue weighted by Gasteiger charge is -2.35. The summed E-state index contributed by atoms with van der Waals surface area (Å²) in [6.07, 6.45) is -6.45. The smallest absolute Gasteiger partial charge is 0.356 e. The highest BCUT2D eigenvalue weighted by molar-refractivity contribution is 6.29. The van der Waals surface area contributed by atoms with Gasteiger partial charge in [0.1, 0.15) is 12.1 Å². The lowest BCUT2D eigenvalue weighted by molar-refractivity contribution is -0.176. The number of carbonyl (C=O) groups is 5. The number of rotatable bonds is 6. The Bertz CT molecular complexity index is 942. The molecule has 0 spiro atoms. The fourth-order valence-electron chi connectivity index (χ4n) is 3.87. The Morgan fingerprint density at radius 1 is 1.22 bits per heavy atom. The van der Waals surface area contributed by atoms with Crippen LogP contribution in [0.2, 0.25) is 0 Å². The van der Waals surface area contributed by atoms with E-state index in [4.69, 9.17) is 11.6 Å². The molecule has 0 bridgehead atoms. The summed E-state index contributed by atoms with van der Waals surface area (Å²) in [5, 5.41) is 4.27. The molecule has 4 atom stereocenters. The molecule has 2 aliphatic rings. The molecule has 2 rings (SSSR count). The van der Waals surface area contributed by atoms with Crippen molar-refractivity contribution in [3.8, 4) is 0 Å². The number of hydrogen-bond acceptors (Lipinski definition) is 5. The monoisotopic (exact) mass is 565 g/mol. The quantitative estimate of drug-likeness (QED) is 0.250. The van der Waals surface area contributed by atoms with Crippen LogP contribution in [0.1, 0.15) is 33.6 Å². The first-order valence-corrected chi connectivity index (χ1v) is 11.4. The molecule has 2 fully saturated rings. The number of halogens is 7. The topological polar surface area (TPSA) is 128 Å². The highest BCUT2D eigenvalue weighted by Gasteiger charge is 2.53. The van der Waals surface area contributed by atoms with E-state index in [9.17, 15) is 50.3 Å². The number of carbonyl (C=O) groups excluding carboxylic acids is 5. The number of nitrogens with zero attached hydrogens (tertiary/aromatic N) is 2. The molecular weight excluding hydrogens is 540 g/mol. The van der Waals surface area contributed by atoms with Crippen LogP contribution in [0.4, 0.5) is 26.3 Å². The van der Waals surface area contributed by atoms with Gasteiger partial charge in [-0.15, -0.1) is 0 Å². The van der Waals surface area contributed by atoms with E-state index in [0.717, 1.165) is 0 Å². The zero-order valence-corrected chi connectivity index (χ0v) is 20.7. The second-order valence-corrected chi connectivity index (χ2v) is 10.2. The van der Waals surface area contributed by atoms with E-state index in [1.54, 1.807) is 0 Å². The number of alkyl halides is 7. The van der Waals surface area contributed by atoms with Crippen molar-refractivity contribution in [2.24, 2.45) is 11.3 Å². The van der Waals surface area contributed by atoms with E-state index in [1.807, 2.05) is 5.43 Å². The van der Waals surface area contributed by atoms with Crippen LogP contribution in [0.5, 0.6) is 0 Å². The number of hydrazine groups is 1. The Balaban J connectivity index is 2.32. The molecule has 210 valence electrons. The predicted octanol–water partition coefficient (Wildman–Crippen LogP) is 0.846. The molecule has 17 heteroatoms. The van der Waals surface area contributed by atoms with Gasteiger partial charge in [0.05, 0.1) is 19.0 Å². The van der Waals surface area contributed by atoms with E-state index in [1.165, 1.54) is 26.1 Å². The Morgan fingerprint density at radius 2 is 1.81 bits per heavy atom. The third-order valence-electron chi connectivity index (χ3n) is 5.77. The SMILES string of the molecule is CC(C)(C)[C@H](NC(=O)C(F)(F)F)C(=O)N1CC(F)(F)C[C@H]1C(=O)NN(C[C@@H]1CCNC1=O)C(=O)[C@H](F)Cl. The van der Waals surface area contributed by atoms with E-state index in [2.05, 4.69) is 5.32 Å². The normalized spacial score (nSPS) is 23.2. The number of nitrogens with one attached hydrogen (secondary N) is 3. The van der Waals surface area contributed by atoms with Gasteiger partial charge in [-0.3, -0.25) is 29.4 Å². The van der Waals surface area contributed by atoms with Gasteiger partial charge in [0.25, 0.3) is 23.4 Å². The van der Waals surface area contributed by atoms with E-state index < -0.39 is 90.2 Å². The first-order chi connectivity index (χ1) is 16.7. The molecule has 0 saturated carbocycles. The van der Waals surface area contributed by atoms with Crippen LogP contribution in [0, 0.1) is 11.3 Å². The third-order valence-corrected chi connectivity index (χ3v) is 5.95. The molecule has 0 aromatic rings. The molecule has 5 amide bonds. The van der Waals surface area contributed by atoms with Gasteiger partial charge in [0.15, 0.2) is 0 Å². The largest absolute Gasteiger partial charge is 0.471 e. The van der Waals surface area contributed by atoms with Crippen LogP contribution in [0.25, 0.3) is 0 Å². The van der Waals surface area contributed by atoms with Gasteiger partial charge in [-0.05, 0) is 11.8 Å². The van der Waals surface area contributed by atoms with Crippen molar-refractivity contribution in [1.29, 1.82) is 0 Å². The van der Waals surface area contributed by atoms with Gasteiger partial charge in [0, 0.05) is 13.0 Å². The molecule has 0 unspecified atom stereocenters. The Hall–Kier alpha value is -2.78. The van der Waals surface area contributed by atoms with Gasteiger partial charge >= 0.3 is 12.1 Å². The van der Waals surface area contributed by atoms with Crippen LogP contribution in [-0.2, 0) is 24.0 Å². The zero-order valence-electron chi connectivity index (χ0n) is 19.9. The second-order valence-electron chi connectivity index (χ2n) is 9.81. The molecule has 2 heterocycles. The minimum absolute atomic E-state index is 0.204. The molecular formula is C20H26ClF6N5O5. The van der Waals surface area contributed by atoms with Crippen molar-refractivity contribution in [3.63, 3.8) is 0 Å². The van der Waals surface area contributed by atoms with Gasteiger partial charge < -0.3 is 15.5 Å². The highest BCUT2D eigenvalue weighted by Crippen LogP contribution is 2.35. The van der Waals surface area contributed by atoms with Crippen molar-refractivity contribution in [1.82, 2.24) is 26.0 Å². The van der Waals surface area contributed by atoms with Crippen LogP contribution in [0.15, 0.2) is 0 Å². The molecule has 10 nitrogen and oxygen atoms in total. The molecule has 3 N–H and O–H groups in total. The standard InChI is InChI=1S/C20H26ClF6N5O5/c1-18(2,3)11(29-17(37)20(25,26)27)15(35)31-8-19(23,24)6-10(31)14(34)30-32(16(36)12(21)22)7-9-4-5-28-13(9)33/h9-12H,4-8H2,1-3H3,(H,28,33)(H,29,37)(H,30,34)/t9-,10-,11+,12-/m0/s1. The summed E-state index contributed by atoms with van der Waals surface area (Å²) < 4.78 is 80.6. The van der Waals surface area contributed by atoms with E-state index in [0.29, 0.717) is 9.91 Å². The molecule has 0 aromatic carbocycles. The Kier molecular flexibility index (Phi) is 8.98. The Morgan fingerprint density at radius 3 is 2.27 bits per heavy atom. The molecule has 0 aliphatic carbocycles. The highest BCUT2D eigenvalue weighted by atomic mass is 35.5. The lowest BCUT2D eigenvalue weighted by Crippen LogP contribution is -2.61. The molecule has 0 aromatic heterocycles. The minimum Gasteiger partial charge on any atom is -0.356 e. The fourth-order valence-corrected chi connectivity index (χ4v) is 3.98. The first-order valence-electron chi connectivity index (χ1n) is 11.0. The summed E-state index contributed by atoms with van der Waals surface area (Å²) >= 11 is 5.16. The average molecular weight is 566 g/mol. The molecule has 37 heavy (non-hydrogen) atoms. The molecule has 0 radical (unpaired) electrons. The Labute approximate surface area is 212 Å². The summed E-state index contributed by atoms with van der Waals surface area (Å²) in [6.45, 7) is 2.10. The maximum absolute atomic E-state index is 14.3. The van der Waals surface area contributed by atoms with Gasteiger partial charge in [-0.1, -0.05) is 32.4 Å². The van der Waals surface area contributed by atoms with Crippen molar-refractivity contribution >= 4 is 41.1 Å². The van der Waals surface area contributed by atoms with E-state index in [-0.39, 0.29) is 13.0 Å². The van der Waals surface area contributed by atoms with Crippen molar-refractivity contribution < 1.29 is 50.3 Å². The van der Waals surface area contributed by atoms with Crippen LogP contribution < -0.4 is 16.1 Å². The van der Waals surface area contributed by atoms with Crippen LogP contribution >= 0.6 is 11.6 Å². The maximum Gasteiger partial charge on any atom is 0.471 e. The number of hydrogen-bond donors (Lipinski definition) is 3. The summed E-state index contributed by atoms with van der Waals surface area (Å²) in [4.78, 5) is 61.9. The second kappa shape index (κ2) is 10.9. The van der Waals surface area contributed by atoms with Gasteiger partial charge in [-0.25, -0.2) is 18.2 Å². The molecule has 2 aliphatic heterocycles. The van der Waals surface area contributed by atoms with E-state index >= 15 is 0 Å². The van der Waals surface area contributed by atoms with Crippen LogP contribution in [-0.4, -0.2) is 88.9 Å². The molecule has 2 saturated heterocycles. The number of amides is 5. The summed E-state index contributed by atoms with van der Waals surface area (Å²) in [7, 11) is 0. The first kappa shape index (κ1) is 30.4. The fraction of sp³-hybridized carbons (Fsp3) is 0.750. The van der Waals surface area contributed by atoms with Crippen molar-refractivity contribution in [3.05, 3.63) is 0 Å². The number of likely N-dealkylation sites (tertiary alicyclic amines) is 1. The summed E-state index contributed by atoms with van der Waals surface area (Å²) in [5.41, 5.74) is -2.18. The van der Waals surface area contributed by atoms with Gasteiger partial charge in [-0.2, -0.15) is 13.2 Å². The van der Waals surface area contributed by atoms with Gasteiger partial charge in [0.2, 0.25) is 11.8 Å².